The number of nitrogens with zero attached hydrogens (tertiary/aromatic N) is 2. The number of aryl methyl sites for hydroxylation is 1. The van der Waals surface area contributed by atoms with Gasteiger partial charge in [-0.1, -0.05) is 66.2 Å². The van der Waals surface area contributed by atoms with Crippen LogP contribution in [-0.4, -0.2) is 21.9 Å². The molecular formula is C25H20N2O4. The number of ketones is 1. The predicted molar refractivity (Wildman–Crippen MR) is 115 cm³/mol. The zero-order valence-corrected chi connectivity index (χ0v) is 17.1. The molecule has 4 aromatic rings. The molecule has 154 valence electrons. The third kappa shape index (κ3) is 4.43. The lowest BCUT2D eigenvalue weighted by atomic mass is 9.98. The van der Waals surface area contributed by atoms with Crippen molar-refractivity contribution in [2.24, 2.45) is 0 Å². The Morgan fingerprint density at radius 2 is 1.48 bits per heavy atom. The molecule has 0 amide bonds. The molecule has 3 aromatic carbocycles. The lowest BCUT2D eigenvalue weighted by Gasteiger charge is -2.12. The van der Waals surface area contributed by atoms with Gasteiger partial charge in [0.05, 0.1) is 5.56 Å². The second-order valence-corrected chi connectivity index (χ2v) is 7.10. The smallest absolute Gasteiger partial charge is 0.339 e. The second-order valence-electron chi connectivity index (χ2n) is 7.10. The molecule has 0 saturated carbocycles. The summed E-state index contributed by atoms with van der Waals surface area (Å²) in [6.45, 7) is 3.64. The maximum absolute atomic E-state index is 12.9. The van der Waals surface area contributed by atoms with Gasteiger partial charge in [-0.05, 0) is 32.0 Å². The van der Waals surface area contributed by atoms with Crippen LogP contribution in [0, 0.1) is 6.92 Å². The Morgan fingerprint density at radius 3 is 2.19 bits per heavy atom. The van der Waals surface area contributed by atoms with Gasteiger partial charge < -0.3 is 9.15 Å². The van der Waals surface area contributed by atoms with E-state index in [4.69, 9.17) is 9.15 Å². The standard InChI is InChI=1S/C25H20N2O4/c1-16-12-14-19(15-13-16)24-27-26-23(31-24)17(2)30-25(29)21-11-7-6-10-20(21)22(28)18-8-4-3-5-9-18/h3-15,17H,1-2H3/t17-/m0/s1. The average molecular weight is 412 g/mol. The Kier molecular flexibility index (Phi) is 5.71. The Balaban J connectivity index is 1.53. The van der Waals surface area contributed by atoms with E-state index in [1.165, 1.54) is 0 Å². The van der Waals surface area contributed by atoms with Crippen LogP contribution < -0.4 is 0 Å². The molecule has 0 fully saturated rings. The summed E-state index contributed by atoms with van der Waals surface area (Å²) in [5.41, 5.74) is 2.85. The van der Waals surface area contributed by atoms with E-state index in [9.17, 15) is 9.59 Å². The fraction of sp³-hybridized carbons (Fsp3) is 0.120. The Morgan fingerprint density at radius 1 is 0.839 bits per heavy atom. The quantitative estimate of drug-likeness (QED) is 0.320. The number of aromatic nitrogens is 2. The first-order valence-corrected chi connectivity index (χ1v) is 9.83. The zero-order chi connectivity index (χ0) is 21.8. The first-order valence-electron chi connectivity index (χ1n) is 9.83. The van der Waals surface area contributed by atoms with Crippen LogP contribution in [0.5, 0.6) is 0 Å². The number of rotatable bonds is 6. The molecule has 0 radical (unpaired) electrons. The first kappa shape index (κ1) is 20.2. The number of ether oxygens (including phenoxy) is 1. The highest BCUT2D eigenvalue weighted by molar-refractivity contribution is 6.14. The summed E-state index contributed by atoms with van der Waals surface area (Å²) >= 11 is 0. The van der Waals surface area contributed by atoms with Gasteiger partial charge in [0.1, 0.15) is 0 Å². The highest BCUT2D eigenvalue weighted by Gasteiger charge is 2.23. The van der Waals surface area contributed by atoms with Gasteiger partial charge in [0, 0.05) is 16.7 Å². The average Bonchev–Trinajstić information content (AvgIpc) is 3.30. The van der Waals surface area contributed by atoms with E-state index in [1.807, 2.05) is 37.3 Å². The topological polar surface area (TPSA) is 82.3 Å². The number of carbonyl (C=O) groups excluding carboxylic acids is 2. The van der Waals surface area contributed by atoms with Crippen LogP contribution in [0.15, 0.2) is 83.3 Å². The zero-order valence-electron chi connectivity index (χ0n) is 17.1. The molecule has 0 N–H and O–H groups in total. The van der Waals surface area contributed by atoms with Gasteiger partial charge >= 0.3 is 5.97 Å². The lowest BCUT2D eigenvalue weighted by molar-refractivity contribution is 0.0278. The molecular weight excluding hydrogens is 392 g/mol. The number of esters is 1. The SMILES string of the molecule is Cc1ccc(-c2nnc([C@H](C)OC(=O)c3ccccc3C(=O)c3ccccc3)o2)cc1. The summed E-state index contributed by atoms with van der Waals surface area (Å²) in [7, 11) is 0. The van der Waals surface area contributed by atoms with E-state index in [-0.39, 0.29) is 22.8 Å². The normalized spacial score (nSPS) is 11.7. The summed E-state index contributed by atoms with van der Waals surface area (Å²) in [4.78, 5) is 25.7. The fourth-order valence-electron chi connectivity index (χ4n) is 3.09. The van der Waals surface area contributed by atoms with Crippen molar-refractivity contribution in [2.45, 2.75) is 20.0 Å². The monoisotopic (exact) mass is 412 g/mol. The largest absolute Gasteiger partial charge is 0.449 e. The summed E-state index contributed by atoms with van der Waals surface area (Å²) in [6.07, 6.45) is -0.779. The molecule has 0 saturated heterocycles. The maximum Gasteiger partial charge on any atom is 0.339 e. The van der Waals surface area contributed by atoms with Crippen LogP contribution in [0.1, 0.15) is 50.8 Å². The molecule has 6 nitrogen and oxygen atoms in total. The van der Waals surface area contributed by atoms with Gasteiger partial charge in [0.25, 0.3) is 5.89 Å². The van der Waals surface area contributed by atoms with Crippen LogP contribution in [0.4, 0.5) is 0 Å². The van der Waals surface area contributed by atoms with Crippen LogP contribution in [-0.2, 0) is 4.74 Å². The van der Waals surface area contributed by atoms with Crippen molar-refractivity contribution in [2.75, 3.05) is 0 Å². The van der Waals surface area contributed by atoms with Crippen molar-refractivity contribution in [3.8, 4) is 11.5 Å². The summed E-state index contributed by atoms with van der Waals surface area (Å²) in [5, 5.41) is 8.05. The Hall–Kier alpha value is -4.06. The molecule has 6 heteroatoms. The van der Waals surface area contributed by atoms with Crippen molar-refractivity contribution < 1.29 is 18.7 Å². The van der Waals surface area contributed by atoms with Crippen molar-refractivity contribution in [3.05, 3.63) is 107 Å². The molecule has 1 heterocycles. The minimum atomic E-state index is -0.779. The van der Waals surface area contributed by atoms with Gasteiger partial charge in [-0.15, -0.1) is 10.2 Å². The van der Waals surface area contributed by atoms with Gasteiger partial charge in [0.2, 0.25) is 5.89 Å². The van der Waals surface area contributed by atoms with E-state index in [1.54, 1.807) is 55.5 Å². The fourth-order valence-corrected chi connectivity index (χ4v) is 3.09. The number of hydrogen-bond donors (Lipinski definition) is 0. The molecule has 0 bridgehead atoms. The third-order valence-corrected chi connectivity index (χ3v) is 4.80. The molecule has 0 aliphatic rings. The summed E-state index contributed by atoms with van der Waals surface area (Å²) in [5.74, 6) is -0.365. The molecule has 0 aliphatic carbocycles. The second kappa shape index (κ2) is 8.75. The molecule has 1 atom stereocenters. The van der Waals surface area contributed by atoms with E-state index < -0.39 is 12.1 Å². The van der Waals surface area contributed by atoms with Crippen LogP contribution in [0.2, 0.25) is 0 Å². The van der Waals surface area contributed by atoms with Crippen molar-refractivity contribution >= 4 is 11.8 Å². The van der Waals surface area contributed by atoms with Crippen LogP contribution >= 0.6 is 0 Å². The van der Waals surface area contributed by atoms with Crippen LogP contribution in [0.3, 0.4) is 0 Å². The Bertz CT molecular complexity index is 1210. The van der Waals surface area contributed by atoms with Gasteiger partial charge in [-0.25, -0.2) is 4.79 Å². The predicted octanol–water partition coefficient (Wildman–Crippen LogP) is 5.19. The highest BCUT2D eigenvalue weighted by atomic mass is 16.6. The van der Waals surface area contributed by atoms with Gasteiger partial charge in [-0.2, -0.15) is 0 Å². The number of benzene rings is 3. The van der Waals surface area contributed by atoms with Gasteiger partial charge in [0.15, 0.2) is 11.9 Å². The highest BCUT2D eigenvalue weighted by Crippen LogP contribution is 2.24. The van der Waals surface area contributed by atoms with Crippen molar-refractivity contribution in [3.63, 3.8) is 0 Å². The van der Waals surface area contributed by atoms with Crippen molar-refractivity contribution in [1.82, 2.24) is 10.2 Å². The van der Waals surface area contributed by atoms with E-state index in [2.05, 4.69) is 10.2 Å². The summed E-state index contributed by atoms with van der Waals surface area (Å²) in [6, 6.07) is 23.0. The summed E-state index contributed by atoms with van der Waals surface area (Å²) < 4.78 is 11.2. The third-order valence-electron chi connectivity index (χ3n) is 4.80. The van der Waals surface area contributed by atoms with E-state index >= 15 is 0 Å². The van der Waals surface area contributed by atoms with E-state index in [0.717, 1.165) is 11.1 Å². The molecule has 4 rings (SSSR count). The molecule has 0 unspecified atom stereocenters. The maximum atomic E-state index is 12.9. The van der Waals surface area contributed by atoms with E-state index in [0.29, 0.717) is 11.5 Å². The molecule has 0 spiro atoms. The minimum Gasteiger partial charge on any atom is -0.449 e. The number of carbonyl (C=O) groups is 2. The Labute approximate surface area is 179 Å². The molecule has 31 heavy (non-hydrogen) atoms. The molecule has 0 aliphatic heterocycles. The van der Waals surface area contributed by atoms with Crippen LogP contribution in [0.25, 0.3) is 11.5 Å². The minimum absolute atomic E-state index is 0.177. The number of hydrogen-bond acceptors (Lipinski definition) is 6. The van der Waals surface area contributed by atoms with Crippen molar-refractivity contribution in [1.29, 1.82) is 0 Å². The van der Waals surface area contributed by atoms with Gasteiger partial charge in [-0.3, -0.25) is 4.79 Å². The lowest BCUT2D eigenvalue weighted by Crippen LogP contribution is -2.14. The molecule has 1 aromatic heterocycles. The first-order chi connectivity index (χ1) is 15.0.